The van der Waals surface area contributed by atoms with Crippen molar-refractivity contribution in [1.29, 1.82) is 0 Å². The van der Waals surface area contributed by atoms with Gasteiger partial charge in [0.15, 0.2) is 0 Å². The summed E-state index contributed by atoms with van der Waals surface area (Å²) in [5.41, 5.74) is 2.99. The third-order valence-electron chi connectivity index (χ3n) is 4.93. The molecule has 4 rings (SSSR count). The molecule has 2 aliphatic rings. The highest BCUT2D eigenvalue weighted by atomic mass is 16.5. The van der Waals surface area contributed by atoms with Gasteiger partial charge in [-0.1, -0.05) is 12.1 Å². The Bertz CT molecular complexity index is 782. The first kappa shape index (κ1) is 15.8. The number of hydrogen-bond acceptors (Lipinski definition) is 4. The van der Waals surface area contributed by atoms with Gasteiger partial charge in [0.25, 0.3) is 5.91 Å². The van der Waals surface area contributed by atoms with Crippen LogP contribution in [0, 0.1) is 0 Å². The van der Waals surface area contributed by atoms with E-state index >= 15 is 0 Å². The van der Waals surface area contributed by atoms with Gasteiger partial charge in [-0.25, -0.2) is 0 Å². The highest BCUT2D eigenvalue weighted by Crippen LogP contribution is 2.29. The topological polar surface area (TPSA) is 42.0 Å². The van der Waals surface area contributed by atoms with E-state index < -0.39 is 0 Å². The first-order valence-corrected chi connectivity index (χ1v) is 8.69. The molecule has 0 atom stereocenters. The fourth-order valence-electron chi connectivity index (χ4n) is 3.54. The zero-order chi connectivity index (χ0) is 17.2. The van der Waals surface area contributed by atoms with Crippen molar-refractivity contribution >= 4 is 11.6 Å². The summed E-state index contributed by atoms with van der Waals surface area (Å²) in [5.74, 6) is 1.90. The summed E-state index contributed by atoms with van der Waals surface area (Å²) in [6, 6.07) is 13.8. The van der Waals surface area contributed by atoms with Crippen LogP contribution in [0.15, 0.2) is 42.5 Å². The van der Waals surface area contributed by atoms with Crippen molar-refractivity contribution in [2.45, 2.75) is 6.42 Å². The van der Waals surface area contributed by atoms with Crippen molar-refractivity contribution in [1.82, 2.24) is 4.90 Å². The van der Waals surface area contributed by atoms with Gasteiger partial charge < -0.3 is 19.3 Å². The van der Waals surface area contributed by atoms with Gasteiger partial charge in [-0.3, -0.25) is 4.79 Å². The number of piperazine rings is 1. The predicted molar refractivity (Wildman–Crippen MR) is 96.8 cm³/mol. The Kier molecular flexibility index (Phi) is 4.22. The minimum Gasteiger partial charge on any atom is -0.495 e. The van der Waals surface area contributed by atoms with Crippen LogP contribution in [0.25, 0.3) is 0 Å². The standard InChI is InChI=1S/C20H22N2O3/c1-24-19-5-3-2-4-17(19)21-9-11-22(12-10-21)20(23)16-6-7-18-15(14-16)8-13-25-18/h2-7,14H,8-13H2,1H3. The van der Waals surface area contributed by atoms with Gasteiger partial charge >= 0.3 is 0 Å². The lowest BCUT2D eigenvalue weighted by atomic mass is 10.1. The lowest BCUT2D eigenvalue weighted by molar-refractivity contribution is 0.0746. The zero-order valence-corrected chi connectivity index (χ0v) is 14.4. The van der Waals surface area contributed by atoms with Crippen LogP contribution in [0.2, 0.25) is 0 Å². The quantitative estimate of drug-likeness (QED) is 0.863. The summed E-state index contributed by atoms with van der Waals surface area (Å²) in [7, 11) is 1.69. The van der Waals surface area contributed by atoms with Crippen molar-refractivity contribution in [3.8, 4) is 11.5 Å². The van der Waals surface area contributed by atoms with Crippen molar-refractivity contribution < 1.29 is 14.3 Å². The number of ether oxygens (including phenoxy) is 2. The zero-order valence-electron chi connectivity index (χ0n) is 14.4. The molecule has 2 heterocycles. The average molecular weight is 338 g/mol. The molecule has 5 nitrogen and oxygen atoms in total. The molecule has 0 unspecified atom stereocenters. The van der Waals surface area contributed by atoms with Crippen LogP contribution in [0.3, 0.4) is 0 Å². The van der Waals surface area contributed by atoms with Gasteiger partial charge in [0.1, 0.15) is 11.5 Å². The molecule has 2 aromatic carbocycles. The van der Waals surface area contributed by atoms with Gasteiger partial charge in [0.05, 0.1) is 19.4 Å². The Morgan fingerprint density at radius 2 is 1.88 bits per heavy atom. The minimum atomic E-state index is 0.106. The summed E-state index contributed by atoms with van der Waals surface area (Å²) in [5, 5.41) is 0. The van der Waals surface area contributed by atoms with Gasteiger partial charge in [-0.15, -0.1) is 0 Å². The number of rotatable bonds is 3. The van der Waals surface area contributed by atoms with Crippen LogP contribution in [0.1, 0.15) is 15.9 Å². The summed E-state index contributed by atoms with van der Waals surface area (Å²) < 4.78 is 11.0. The second kappa shape index (κ2) is 6.67. The summed E-state index contributed by atoms with van der Waals surface area (Å²) in [4.78, 5) is 17.0. The Morgan fingerprint density at radius 1 is 1.08 bits per heavy atom. The molecular weight excluding hydrogens is 316 g/mol. The van der Waals surface area contributed by atoms with E-state index in [9.17, 15) is 4.79 Å². The Balaban J connectivity index is 1.44. The maximum atomic E-state index is 12.8. The summed E-state index contributed by atoms with van der Waals surface area (Å²) in [6.07, 6.45) is 0.887. The Labute approximate surface area is 147 Å². The smallest absolute Gasteiger partial charge is 0.253 e. The molecule has 130 valence electrons. The minimum absolute atomic E-state index is 0.106. The molecule has 0 radical (unpaired) electrons. The third-order valence-corrected chi connectivity index (χ3v) is 4.93. The van der Waals surface area contributed by atoms with Gasteiger partial charge in [0, 0.05) is 38.2 Å². The monoisotopic (exact) mass is 338 g/mol. The summed E-state index contributed by atoms with van der Waals surface area (Å²) >= 11 is 0. The van der Waals surface area contributed by atoms with E-state index in [1.165, 1.54) is 0 Å². The normalized spacial score (nSPS) is 16.4. The highest BCUT2D eigenvalue weighted by Gasteiger charge is 2.24. The predicted octanol–water partition coefficient (Wildman–Crippen LogP) is 2.59. The molecule has 1 fully saturated rings. The second-order valence-electron chi connectivity index (χ2n) is 6.37. The number of methoxy groups -OCH3 is 1. The van der Waals surface area contributed by atoms with E-state index in [-0.39, 0.29) is 5.91 Å². The molecule has 0 aromatic heterocycles. The first-order chi connectivity index (χ1) is 12.3. The maximum Gasteiger partial charge on any atom is 0.253 e. The van der Waals surface area contributed by atoms with Crippen molar-refractivity contribution in [2.24, 2.45) is 0 Å². The SMILES string of the molecule is COc1ccccc1N1CCN(C(=O)c2ccc3c(c2)CCO3)CC1. The van der Waals surface area contributed by atoms with Crippen LogP contribution in [0.5, 0.6) is 11.5 Å². The van der Waals surface area contributed by atoms with E-state index in [2.05, 4.69) is 11.0 Å². The molecule has 5 heteroatoms. The van der Waals surface area contributed by atoms with E-state index in [1.807, 2.05) is 41.3 Å². The number of carbonyl (C=O) groups is 1. The Hall–Kier alpha value is -2.69. The number of fused-ring (bicyclic) bond motifs is 1. The molecule has 0 aliphatic carbocycles. The van der Waals surface area contributed by atoms with Gasteiger partial charge in [-0.05, 0) is 35.9 Å². The molecule has 2 aromatic rings. The second-order valence-corrected chi connectivity index (χ2v) is 6.37. The van der Waals surface area contributed by atoms with Crippen LogP contribution in [-0.4, -0.2) is 50.7 Å². The van der Waals surface area contributed by atoms with Crippen molar-refractivity contribution in [3.05, 3.63) is 53.6 Å². The fourth-order valence-corrected chi connectivity index (χ4v) is 3.54. The van der Waals surface area contributed by atoms with E-state index in [0.717, 1.165) is 47.8 Å². The maximum absolute atomic E-state index is 12.8. The molecule has 0 N–H and O–H groups in total. The first-order valence-electron chi connectivity index (χ1n) is 8.69. The van der Waals surface area contributed by atoms with E-state index in [4.69, 9.17) is 9.47 Å². The number of amides is 1. The molecular formula is C20H22N2O3. The lowest BCUT2D eigenvalue weighted by Crippen LogP contribution is -2.48. The van der Waals surface area contributed by atoms with Crippen molar-refractivity contribution in [2.75, 3.05) is 44.8 Å². The van der Waals surface area contributed by atoms with Crippen LogP contribution >= 0.6 is 0 Å². The Morgan fingerprint density at radius 3 is 2.68 bits per heavy atom. The third kappa shape index (κ3) is 3.02. The molecule has 2 aliphatic heterocycles. The number of benzene rings is 2. The number of hydrogen-bond donors (Lipinski definition) is 0. The molecule has 0 bridgehead atoms. The molecule has 0 saturated carbocycles. The van der Waals surface area contributed by atoms with E-state index in [1.54, 1.807) is 7.11 Å². The summed E-state index contributed by atoms with van der Waals surface area (Å²) in [6.45, 7) is 3.75. The number of para-hydroxylation sites is 2. The number of carbonyl (C=O) groups excluding carboxylic acids is 1. The molecule has 1 amide bonds. The van der Waals surface area contributed by atoms with Gasteiger partial charge in [-0.2, -0.15) is 0 Å². The molecule has 1 saturated heterocycles. The lowest BCUT2D eigenvalue weighted by Gasteiger charge is -2.36. The highest BCUT2D eigenvalue weighted by molar-refractivity contribution is 5.94. The number of anilines is 1. The van der Waals surface area contributed by atoms with Crippen molar-refractivity contribution in [3.63, 3.8) is 0 Å². The molecule has 25 heavy (non-hydrogen) atoms. The van der Waals surface area contributed by atoms with Crippen LogP contribution in [0.4, 0.5) is 5.69 Å². The average Bonchev–Trinajstić information content (AvgIpc) is 3.15. The van der Waals surface area contributed by atoms with E-state index in [0.29, 0.717) is 19.7 Å². The molecule has 0 spiro atoms. The fraction of sp³-hybridized carbons (Fsp3) is 0.350. The van der Waals surface area contributed by atoms with Crippen LogP contribution in [-0.2, 0) is 6.42 Å². The van der Waals surface area contributed by atoms with Gasteiger partial charge in [0.2, 0.25) is 0 Å². The number of nitrogens with zero attached hydrogens (tertiary/aromatic N) is 2. The van der Waals surface area contributed by atoms with Crippen LogP contribution < -0.4 is 14.4 Å². The largest absolute Gasteiger partial charge is 0.495 e.